The first-order valence-electron chi connectivity index (χ1n) is 15.0. The van der Waals surface area contributed by atoms with Crippen LogP contribution < -0.4 is 9.64 Å². The molecule has 2 amide bonds. The molecule has 0 bridgehead atoms. The van der Waals surface area contributed by atoms with Crippen LogP contribution in [0.5, 0.6) is 5.75 Å². The Morgan fingerprint density at radius 2 is 1.60 bits per heavy atom. The summed E-state index contributed by atoms with van der Waals surface area (Å²) in [5, 5.41) is 0. The first-order chi connectivity index (χ1) is 21.8. The molecule has 0 spiro atoms. The largest absolute Gasteiger partial charge is 0.485 e. The van der Waals surface area contributed by atoms with Crippen molar-refractivity contribution in [1.29, 1.82) is 0 Å². The van der Waals surface area contributed by atoms with Crippen LogP contribution in [-0.2, 0) is 38.3 Å². The van der Waals surface area contributed by atoms with Gasteiger partial charge in [-0.25, -0.2) is 9.18 Å². The van der Waals surface area contributed by atoms with E-state index in [2.05, 4.69) is 0 Å². The third-order valence-corrected chi connectivity index (χ3v) is 7.99. The molecule has 1 aromatic heterocycles. The summed E-state index contributed by atoms with van der Waals surface area (Å²) in [6.45, 7) is 9.44. The van der Waals surface area contributed by atoms with Gasteiger partial charge in [0.05, 0.1) is 12.1 Å². The van der Waals surface area contributed by atoms with Crippen molar-refractivity contribution in [3.8, 4) is 16.9 Å². The minimum atomic E-state index is -4.57. The number of hydrogen-bond donors (Lipinski definition) is 0. The molecule has 0 saturated heterocycles. The quantitative estimate of drug-likeness (QED) is 0.168. The highest BCUT2D eigenvalue weighted by molar-refractivity contribution is 7.12. The number of ether oxygens (including phenoxy) is 3. The molecule has 254 valence electrons. The van der Waals surface area contributed by atoms with Crippen molar-refractivity contribution >= 4 is 35.0 Å². The van der Waals surface area contributed by atoms with Crippen LogP contribution in [0.4, 0.5) is 28.0 Å². The summed E-state index contributed by atoms with van der Waals surface area (Å²) in [5.74, 6) is -1.94. The molecule has 13 heteroatoms. The van der Waals surface area contributed by atoms with Crippen molar-refractivity contribution in [2.24, 2.45) is 0 Å². The minimum Gasteiger partial charge on any atom is -0.485 e. The highest BCUT2D eigenvalue weighted by Crippen LogP contribution is 2.43. The van der Waals surface area contributed by atoms with Gasteiger partial charge >= 0.3 is 18.2 Å². The van der Waals surface area contributed by atoms with E-state index < -0.39 is 52.6 Å². The van der Waals surface area contributed by atoms with E-state index in [1.807, 2.05) is 0 Å². The van der Waals surface area contributed by atoms with E-state index in [0.717, 1.165) is 4.90 Å². The summed E-state index contributed by atoms with van der Waals surface area (Å²) in [6.07, 6.45) is -5.37. The zero-order chi connectivity index (χ0) is 34.7. The monoisotopic (exact) mass is 678 g/mol. The summed E-state index contributed by atoms with van der Waals surface area (Å²) in [7, 11) is 0. The lowest BCUT2D eigenvalue weighted by molar-refractivity contribution is -0.155. The number of amides is 2. The lowest BCUT2D eigenvalue weighted by atomic mass is 10.1. The van der Waals surface area contributed by atoms with Crippen LogP contribution in [0.1, 0.15) is 63.3 Å². The third-order valence-electron chi connectivity index (χ3n) is 6.84. The summed E-state index contributed by atoms with van der Waals surface area (Å²) >= 11 is 0.539. The first-order valence-corrected chi connectivity index (χ1v) is 15.8. The molecule has 0 fully saturated rings. The highest BCUT2D eigenvalue weighted by Gasteiger charge is 2.37. The maximum absolute atomic E-state index is 15.6. The van der Waals surface area contributed by atoms with E-state index >= 15 is 4.39 Å². The van der Waals surface area contributed by atoms with Gasteiger partial charge in [-0.05, 0) is 71.7 Å². The van der Waals surface area contributed by atoms with Gasteiger partial charge in [0.25, 0.3) is 0 Å². The molecular formula is C34H38F4N2O6S. The average molecular weight is 679 g/mol. The first kappa shape index (κ1) is 35.7. The van der Waals surface area contributed by atoms with Gasteiger partial charge in [0.2, 0.25) is 5.91 Å². The number of halogens is 4. The fraction of sp³-hybridized carbons (Fsp3) is 0.441. The van der Waals surface area contributed by atoms with Crippen molar-refractivity contribution in [2.75, 3.05) is 24.5 Å². The number of benzene rings is 2. The van der Waals surface area contributed by atoms with E-state index in [1.165, 1.54) is 23.1 Å². The molecule has 8 nitrogen and oxygen atoms in total. The van der Waals surface area contributed by atoms with Gasteiger partial charge < -0.3 is 19.1 Å². The average Bonchev–Trinajstić information content (AvgIpc) is 3.59. The maximum atomic E-state index is 15.6. The van der Waals surface area contributed by atoms with Crippen molar-refractivity contribution < 1.29 is 46.2 Å². The second-order valence-electron chi connectivity index (χ2n) is 13.0. The Bertz CT molecular complexity index is 1610. The van der Waals surface area contributed by atoms with Gasteiger partial charge in [-0.2, -0.15) is 13.2 Å². The van der Waals surface area contributed by atoms with Gasteiger partial charge in [0.15, 0.2) is 11.6 Å². The fourth-order valence-corrected chi connectivity index (χ4v) is 5.89. The Balaban J connectivity index is 1.47. The van der Waals surface area contributed by atoms with Crippen LogP contribution in [0.2, 0.25) is 0 Å². The zero-order valence-corrected chi connectivity index (χ0v) is 27.9. The number of carbonyl (C=O) groups excluding carboxylic acids is 3. The van der Waals surface area contributed by atoms with E-state index in [1.54, 1.807) is 71.9 Å². The molecule has 0 atom stereocenters. The van der Waals surface area contributed by atoms with E-state index in [0.29, 0.717) is 16.9 Å². The number of thiophene rings is 1. The van der Waals surface area contributed by atoms with Gasteiger partial charge in [-0.15, -0.1) is 11.3 Å². The van der Waals surface area contributed by atoms with E-state index in [9.17, 15) is 27.6 Å². The van der Waals surface area contributed by atoms with Crippen molar-refractivity contribution in [1.82, 2.24) is 4.90 Å². The molecule has 3 aromatic rings. The molecule has 0 aliphatic carbocycles. The van der Waals surface area contributed by atoms with Crippen LogP contribution in [0.3, 0.4) is 0 Å². The molecule has 0 N–H and O–H groups in total. The molecule has 0 unspecified atom stereocenters. The predicted octanol–water partition coefficient (Wildman–Crippen LogP) is 8.01. The number of rotatable bonds is 9. The number of anilines is 1. The Morgan fingerprint density at radius 1 is 0.936 bits per heavy atom. The molecule has 1 aliphatic rings. The lowest BCUT2D eigenvalue weighted by Crippen LogP contribution is -2.45. The smallest absolute Gasteiger partial charge is 0.426 e. The Hall–Kier alpha value is -4.13. The van der Waals surface area contributed by atoms with E-state index in [-0.39, 0.29) is 60.0 Å². The van der Waals surface area contributed by atoms with E-state index in [4.69, 9.17) is 14.2 Å². The normalized spacial score (nSPS) is 13.3. The van der Waals surface area contributed by atoms with Crippen LogP contribution >= 0.6 is 11.3 Å². The van der Waals surface area contributed by atoms with Gasteiger partial charge in [0, 0.05) is 29.1 Å². The summed E-state index contributed by atoms with van der Waals surface area (Å²) in [4.78, 5) is 40.6. The second-order valence-corrected chi connectivity index (χ2v) is 14.2. The summed E-state index contributed by atoms with van der Waals surface area (Å²) in [6, 6.07) is 12.4. The number of fused-ring (bicyclic) bond motifs is 1. The Morgan fingerprint density at radius 3 is 2.21 bits per heavy atom. The third kappa shape index (κ3) is 9.46. The van der Waals surface area contributed by atoms with Crippen molar-refractivity contribution in [2.45, 2.75) is 78.4 Å². The number of alkyl halides is 3. The molecule has 1 aliphatic heterocycles. The molecule has 2 heterocycles. The molecular weight excluding hydrogens is 640 g/mol. The summed E-state index contributed by atoms with van der Waals surface area (Å²) < 4.78 is 73.4. The topological polar surface area (TPSA) is 85.4 Å². The number of hydrogen-bond acceptors (Lipinski definition) is 7. The van der Waals surface area contributed by atoms with Crippen molar-refractivity contribution in [3.05, 3.63) is 69.7 Å². The summed E-state index contributed by atoms with van der Waals surface area (Å²) in [5.41, 5.74) is -0.651. The molecule has 47 heavy (non-hydrogen) atoms. The Labute approximate surface area is 275 Å². The van der Waals surface area contributed by atoms with Gasteiger partial charge in [-0.3, -0.25) is 14.5 Å². The predicted molar refractivity (Wildman–Crippen MR) is 170 cm³/mol. The van der Waals surface area contributed by atoms with Crippen LogP contribution in [0, 0.1) is 5.82 Å². The zero-order valence-electron chi connectivity index (χ0n) is 27.1. The number of carbonyl (C=O) groups is 3. The maximum Gasteiger partial charge on any atom is 0.426 e. The second kappa shape index (κ2) is 13.9. The molecule has 0 radical (unpaired) electrons. The van der Waals surface area contributed by atoms with Crippen LogP contribution in [-0.4, -0.2) is 53.7 Å². The number of esters is 1. The van der Waals surface area contributed by atoms with Crippen molar-refractivity contribution in [3.63, 3.8) is 0 Å². The number of nitrogens with zero attached hydrogens (tertiary/aromatic N) is 2. The molecule has 4 rings (SSSR count). The SMILES string of the molecule is CC(C)(C)OC(=O)CCN(CC(=O)N1CCc2c1ccc(OCc1cc(-c3ccccc3)c(C(F)(F)F)s1)c2F)C(=O)OC(C)(C)C. The minimum absolute atomic E-state index is 0.0248. The molecule has 0 saturated carbocycles. The fourth-order valence-electron chi connectivity index (χ4n) is 4.93. The van der Waals surface area contributed by atoms with Gasteiger partial charge in [0.1, 0.15) is 29.2 Å². The Kier molecular flexibility index (Phi) is 10.6. The highest BCUT2D eigenvalue weighted by atomic mass is 32.1. The lowest BCUT2D eigenvalue weighted by Gasteiger charge is -2.29. The molecule has 2 aromatic carbocycles. The standard InChI is InChI=1S/C34H38F4N2O6S/c1-32(2,3)45-28(42)15-16-39(31(43)46-33(4,5)6)19-27(41)40-17-14-23-25(40)12-13-26(29(23)35)44-20-22-18-24(21-10-8-7-9-11-21)30(47-22)34(36,37)38/h7-13,18H,14-17,19-20H2,1-6H3. The van der Waals surface area contributed by atoms with Gasteiger partial charge in [-0.1, -0.05) is 30.3 Å². The van der Waals surface area contributed by atoms with Crippen LogP contribution in [0.25, 0.3) is 11.1 Å². The van der Waals surface area contributed by atoms with Crippen LogP contribution in [0.15, 0.2) is 48.5 Å².